The lowest BCUT2D eigenvalue weighted by molar-refractivity contribution is 0.576. The monoisotopic (exact) mass is 260 g/mol. The Balaban J connectivity index is 0.000000963. The Kier molecular flexibility index (Phi) is 3.52. The number of nitrogens with zero attached hydrogens (tertiary/aromatic N) is 3. The highest BCUT2D eigenvalue weighted by Gasteiger charge is 2.38. The van der Waals surface area contributed by atoms with E-state index >= 15 is 0 Å². The van der Waals surface area contributed by atoms with E-state index in [4.69, 9.17) is 11.6 Å². The van der Waals surface area contributed by atoms with E-state index in [0.29, 0.717) is 11.1 Å². The van der Waals surface area contributed by atoms with E-state index in [1.807, 2.05) is 0 Å². The fraction of sp³-hybridized carbons (Fsp3) is 0.600. The van der Waals surface area contributed by atoms with E-state index in [0.717, 1.165) is 31.5 Å². The van der Waals surface area contributed by atoms with Crippen molar-refractivity contribution in [3.8, 4) is 0 Å². The summed E-state index contributed by atoms with van der Waals surface area (Å²) in [5.74, 6) is 1.58. The zero-order chi connectivity index (χ0) is 10.3. The van der Waals surface area contributed by atoms with Crippen molar-refractivity contribution in [2.45, 2.75) is 12.5 Å². The minimum absolute atomic E-state index is 0. The minimum atomic E-state index is 0. The molecular weight excluding hydrogens is 247 g/mol. The number of hydrogen-bond donors (Lipinski definition) is 1. The Morgan fingerprint density at radius 1 is 1.31 bits per heavy atom. The number of nitrogens with one attached hydrogen (secondary N) is 1. The molecule has 0 bridgehead atoms. The molecule has 2 saturated heterocycles. The third-order valence-electron chi connectivity index (χ3n) is 3.31. The van der Waals surface area contributed by atoms with Crippen molar-refractivity contribution in [3.05, 3.63) is 17.4 Å². The van der Waals surface area contributed by atoms with Gasteiger partial charge >= 0.3 is 0 Å². The molecule has 0 unspecified atom stereocenters. The molecule has 1 aromatic rings. The summed E-state index contributed by atoms with van der Waals surface area (Å²) in [6.45, 7) is 3.25. The summed E-state index contributed by atoms with van der Waals surface area (Å²) in [5.41, 5.74) is 0. The SMILES string of the molecule is Cl.Clc1cnc(N2CC[C@H]3CNC[C@H]32)nc1. The normalized spacial score (nSPS) is 27.7. The first-order chi connectivity index (χ1) is 7.34. The summed E-state index contributed by atoms with van der Waals surface area (Å²) < 4.78 is 0. The molecule has 0 aromatic carbocycles. The van der Waals surface area contributed by atoms with Gasteiger partial charge in [0.2, 0.25) is 5.95 Å². The van der Waals surface area contributed by atoms with Crippen molar-refractivity contribution in [3.63, 3.8) is 0 Å². The van der Waals surface area contributed by atoms with Crippen LogP contribution in [0.4, 0.5) is 5.95 Å². The Morgan fingerprint density at radius 2 is 2.06 bits per heavy atom. The van der Waals surface area contributed by atoms with E-state index < -0.39 is 0 Å². The van der Waals surface area contributed by atoms with Gasteiger partial charge in [0.05, 0.1) is 17.4 Å². The molecule has 1 N–H and O–H groups in total. The van der Waals surface area contributed by atoms with Gasteiger partial charge in [-0.25, -0.2) is 9.97 Å². The highest BCUT2D eigenvalue weighted by Crippen LogP contribution is 2.29. The predicted octanol–water partition coefficient (Wildman–Crippen LogP) is 1.35. The minimum Gasteiger partial charge on any atom is -0.336 e. The van der Waals surface area contributed by atoms with Crippen molar-refractivity contribution >= 4 is 30.0 Å². The van der Waals surface area contributed by atoms with Crippen LogP contribution in [0.25, 0.3) is 0 Å². The molecule has 0 aliphatic carbocycles. The number of fused-ring (bicyclic) bond motifs is 1. The number of rotatable bonds is 1. The molecule has 16 heavy (non-hydrogen) atoms. The largest absolute Gasteiger partial charge is 0.336 e. The smallest absolute Gasteiger partial charge is 0.225 e. The Hall–Kier alpha value is -0.580. The third kappa shape index (κ3) is 1.97. The average molecular weight is 261 g/mol. The summed E-state index contributed by atoms with van der Waals surface area (Å²) in [4.78, 5) is 10.8. The first kappa shape index (κ1) is 11.9. The number of hydrogen-bond acceptors (Lipinski definition) is 4. The summed E-state index contributed by atoms with van der Waals surface area (Å²) in [5, 5.41) is 4.01. The van der Waals surface area contributed by atoms with Crippen molar-refractivity contribution in [1.82, 2.24) is 15.3 Å². The molecule has 88 valence electrons. The predicted molar refractivity (Wildman–Crippen MR) is 66.4 cm³/mol. The summed E-state index contributed by atoms with van der Waals surface area (Å²) in [7, 11) is 0. The van der Waals surface area contributed by atoms with Gasteiger partial charge in [0.25, 0.3) is 0 Å². The third-order valence-corrected chi connectivity index (χ3v) is 3.50. The van der Waals surface area contributed by atoms with Crippen molar-refractivity contribution in [2.75, 3.05) is 24.5 Å². The first-order valence-electron chi connectivity index (χ1n) is 5.29. The molecule has 3 heterocycles. The fourth-order valence-electron chi connectivity index (χ4n) is 2.55. The topological polar surface area (TPSA) is 41.1 Å². The van der Waals surface area contributed by atoms with Crippen LogP contribution in [0.1, 0.15) is 6.42 Å². The molecule has 6 heteroatoms. The van der Waals surface area contributed by atoms with Crippen LogP contribution in [0.2, 0.25) is 5.02 Å². The van der Waals surface area contributed by atoms with Crippen LogP contribution in [-0.2, 0) is 0 Å². The highest BCUT2D eigenvalue weighted by atomic mass is 35.5. The van der Waals surface area contributed by atoms with Gasteiger partial charge in [-0.15, -0.1) is 12.4 Å². The summed E-state index contributed by atoms with van der Waals surface area (Å²) >= 11 is 5.77. The maximum Gasteiger partial charge on any atom is 0.225 e. The Labute approximate surface area is 106 Å². The Bertz CT molecular complexity index is 356. The first-order valence-corrected chi connectivity index (χ1v) is 5.67. The van der Waals surface area contributed by atoms with Crippen LogP contribution in [-0.4, -0.2) is 35.6 Å². The van der Waals surface area contributed by atoms with Gasteiger partial charge in [0.15, 0.2) is 0 Å². The number of anilines is 1. The molecule has 2 fully saturated rings. The Morgan fingerprint density at radius 3 is 2.81 bits per heavy atom. The van der Waals surface area contributed by atoms with Crippen LogP contribution < -0.4 is 10.2 Å². The molecule has 4 nitrogen and oxygen atoms in total. The fourth-order valence-corrected chi connectivity index (χ4v) is 2.65. The zero-order valence-electron chi connectivity index (χ0n) is 8.77. The van der Waals surface area contributed by atoms with Gasteiger partial charge < -0.3 is 10.2 Å². The maximum absolute atomic E-state index is 5.77. The molecule has 0 saturated carbocycles. The van der Waals surface area contributed by atoms with E-state index in [1.54, 1.807) is 12.4 Å². The van der Waals surface area contributed by atoms with Crippen LogP contribution in [0.3, 0.4) is 0 Å². The second kappa shape index (κ2) is 4.73. The zero-order valence-corrected chi connectivity index (χ0v) is 10.3. The van der Waals surface area contributed by atoms with E-state index in [1.165, 1.54) is 6.42 Å². The van der Waals surface area contributed by atoms with Gasteiger partial charge in [0, 0.05) is 25.7 Å². The van der Waals surface area contributed by atoms with E-state index in [-0.39, 0.29) is 12.4 Å². The van der Waals surface area contributed by atoms with Crippen molar-refractivity contribution in [2.24, 2.45) is 5.92 Å². The quantitative estimate of drug-likeness (QED) is 0.828. The molecule has 2 aliphatic heterocycles. The molecule has 1 aromatic heterocycles. The molecule has 2 atom stereocenters. The summed E-state index contributed by atoms with van der Waals surface area (Å²) in [6, 6.07) is 0.575. The maximum atomic E-state index is 5.77. The van der Waals surface area contributed by atoms with Crippen LogP contribution in [0, 0.1) is 5.92 Å². The van der Waals surface area contributed by atoms with Crippen molar-refractivity contribution in [1.29, 1.82) is 0 Å². The van der Waals surface area contributed by atoms with E-state index in [2.05, 4.69) is 20.2 Å². The van der Waals surface area contributed by atoms with Gasteiger partial charge in [-0.2, -0.15) is 0 Å². The van der Waals surface area contributed by atoms with Crippen LogP contribution in [0.15, 0.2) is 12.4 Å². The lowest BCUT2D eigenvalue weighted by atomic mass is 10.1. The van der Waals surface area contributed by atoms with Gasteiger partial charge in [-0.1, -0.05) is 11.6 Å². The lowest BCUT2D eigenvalue weighted by Crippen LogP contribution is -2.35. The average Bonchev–Trinajstić information content (AvgIpc) is 2.80. The van der Waals surface area contributed by atoms with Crippen molar-refractivity contribution < 1.29 is 0 Å². The second-order valence-electron chi connectivity index (χ2n) is 4.17. The van der Waals surface area contributed by atoms with Gasteiger partial charge in [-0.3, -0.25) is 0 Å². The standard InChI is InChI=1S/C10H13ClN4.ClH/c11-8-4-13-10(14-5-8)15-2-1-7-3-12-6-9(7)15;/h4-5,7,9,12H,1-3,6H2;1H/t7-,9+;/m0./s1. The number of aromatic nitrogens is 2. The second-order valence-corrected chi connectivity index (χ2v) is 4.61. The molecular formula is C10H14Cl2N4. The van der Waals surface area contributed by atoms with Crippen LogP contribution in [0.5, 0.6) is 0 Å². The van der Waals surface area contributed by atoms with Gasteiger partial charge in [0.1, 0.15) is 0 Å². The van der Waals surface area contributed by atoms with E-state index in [9.17, 15) is 0 Å². The van der Waals surface area contributed by atoms with Crippen LogP contribution >= 0.6 is 24.0 Å². The molecule has 0 radical (unpaired) electrons. The molecule has 0 spiro atoms. The molecule has 2 aliphatic rings. The highest BCUT2D eigenvalue weighted by molar-refractivity contribution is 6.30. The van der Waals surface area contributed by atoms with Gasteiger partial charge in [-0.05, 0) is 12.3 Å². The lowest BCUT2D eigenvalue weighted by Gasteiger charge is -2.22. The molecule has 0 amide bonds. The number of halogens is 2. The molecule has 3 rings (SSSR count). The summed E-state index contributed by atoms with van der Waals surface area (Å²) in [6.07, 6.45) is 4.57.